The van der Waals surface area contributed by atoms with Gasteiger partial charge in [-0.15, -0.1) is 0 Å². The Morgan fingerprint density at radius 1 is 1.19 bits per heavy atom. The Hall–Kier alpha value is -2.70. The molecule has 1 heterocycles. The maximum Gasteiger partial charge on any atom is 0.360 e. The maximum absolute atomic E-state index is 12.6. The highest BCUT2D eigenvalue weighted by Crippen LogP contribution is 2.15. The summed E-state index contributed by atoms with van der Waals surface area (Å²) in [6.07, 6.45) is -0.154. The molecule has 0 aliphatic carbocycles. The molecule has 1 N–H and O–H groups in total. The number of fused-ring (bicyclic) bond motifs is 1. The van der Waals surface area contributed by atoms with Gasteiger partial charge in [0.05, 0.1) is 5.39 Å². The molecule has 1 amide bonds. The minimum Gasteiger partial charge on any atom is -0.448 e. The first-order valence-electron chi connectivity index (χ1n) is 8.83. The van der Waals surface area contributed by atoms with E-state index in [1.165, 1.54) is 11.6 Å². The van der Waals surface area contributed by atoms with Gasteiger partial charge in [0.1, 0.15) is 0 Å². The van der Waals surface area contributed by atoms with Crippen LogP contribution >= 0.6 is 0 Å². The van der Waals surface area contributed by atoms with Crippen molar-refractivity contribution in [2.24, 2.45) is 5.92 Å². The standard InChI is InChI=1S/C19H25N3O4/c1-5-10-20-17(23)13(4)26-19(25)16-14-8-6-7-9-15(14)18(24)22(21-16)11-12(2)3/h6-9,12-13H,5,10-11H2,1-4H3,(H,20,23)/t13-/m0/s1. The number of carbonyl (C=O) groups is 2. The number of nitrogens with one attached hydrogen (secondary N) is 1. The predicted molar refractivity (Wildman–Crippen MR) is 99.0 cm³/mol. The number of benzene rings is 1. The number of ether oxygens (including phenoxy) is 1. The van der Waals surface area contributed by atoms with Crippen molar-refractivity contribution in [3.63, 3.8) is 0 Å². The third kappa shape index (κ3) is 4.47. The van der Waals surface area contributed by atoms with Crippen LogP contribution in [0.2, 0.25) is 0 Å². The fourth-order valence-corrected chi connectivity index (χ4v) is 2.52. The Kier molecular flexibility index (Phi) is 6.49. The van der Waals surface area contributed by atoms with Gasteiger partial charge in [0, 0.05) is 18.5 Å². The summed E-state index contributed by atoms with van der Waals surface area (Å²) in [6, 6.07) is 6.77. The molecule has 0 saturated heterocycles. The predicted octanol–water partition coefficient (Wildman–Crippen LogP) is 2.12. The summed E-state index contributed by atoms with van der Waals surface area (Å²) in [5.74, 6) is -0.901. The minimum absolute atomic E-state index is 0.0380. The number of hydrogen-bond donors (Lipinski definition) is 1. The van der Waals surface area contributed by atoms with Gasteiger partial charge >= 0.3 is 5.97 Å². The van der Waals surface area contributed by atoms with Crippen LogP contribution in [0.1, 0.15) is 44.6 Å². The zero-order valence-electron chi connectivity index (χ0n) is 15.6. The normalized spacial score (nSPS) is 12.2. The lowest BCUT2D eigenvalue weighted by Crippen LogP contribution is -2.37. The Bertz CT molecular complexity index is 857. The van der Waals surface area contributed by atoms with E-state index in [4.69, 9.17) is 4.74 Å². The van der Waals surface area contributed by atoms with Crippen molar-refractivity contribution >= 4 is 22.6 Å². The molecule has 0 fully saturated rings. The van der Waals surface area contributed by atoms with Crippen LogP contribution in [-0.4, -0.2) is 34.3 Å². The molecular formula is C19H25N3O4. The van der Waals surface area contributed by atoms with Crippen LogP contribution in [0.5, 0.6) is 0 Å². The summed E-state index contributed by atoms with van der Waals surface area (Å²) < 4.78 is 6.56. The third-order valence-electron chi connectivity index (χ3n) is 3.80. The molecule has 0 bridgehead atoms. The summed E-state index contributed by atoms with van der Waals surface area (Å²) in [4.78, 5) is 37.1. The molecule has 0 radical (unpaired) electrons. The second-order valence-corrected chi connectivity index (χ2v) is 6.61. The highest BCUT2D eigenvalue weighted by molar-refractivity contribution is 6.02. The van der Waals surface area contributed by atoms with Crippen LogP contribution in [0.25, 0.3) is 10.8 Å². The first-order valence-corrected chi connectivity index (χ1v) is 8.83. The number of esters is 1. The van der Waals surface area contributed by atoms with Gasteiger partial charge in [-0.05, 0) is 25.3 Å². The summed E-state index contributed by atoms with van der Waals surface area (Å²) in [5.41, 5.74) is -0.212. The van der Waals surface area contributed by atoms with Gasteiger partial charge < -0.3 is 10.1 Å². The lowest BCUT2D eigenvalue weighted by molar-refractivity contribution is -0.129. The quantitative estimate of drug-likeness (QED) is 0.765. The lowest BCUT2D eigenvalue weighted by Gasteiger charge is -2.15. The van der Waals surface area contributed by atoms with Crippen LogP contribution in [0, 0.1) is 5.92 Å². The number of nitrogens with zero attached hydrogens (tertiary/aromatic N) is 2. The van der Waals surface area contributed by atoms with Gasteiger partial charge in [-0.3, -0.25) is 9.59 Å². The molecule has 7 heteroatoms. The van der Waals surface area contributed by atoms with Crippen molar-refractivity contribution in [1.29, 1.82) is 0 Å². The molecular weight excluding hydrogens is 334 g/mol. The molecule has 26 heavy (non-hydrogen) atoms. The van der Waals surface area contributed by atoms with Crippen molar-refractivity contribution in [1.82, 2.24) is 15.1 Å². The van der Waals surface area contributed by atoms with E-state index in [2.05, 4.69) is 10.4 Å². The SMILES string of the molecule is CCCNC(=O)[C@H](C)OC(=O)c1nn(CC(C)C)c(=O)c2ccccc12. The Morgan fingerprint density at radius 3 is 2.46 bits per heavy atom. The van der Waals surface area contributed by atoms with Crippen LogP contribution in [0.3, 0.4) is 0 Å². The molecule has 7 nitrogen and oxygen atoms in total. The highest BCUT2D eigenvalue weighted by atomic mass is 16.5. The molecule has 140 valence electrons. The van der Waals surface area contributed by atoms with E-state index < -0.39 is 12.1 Å². The van der Waals surface area contributed by atoms with E-state index in [0.29, 0.717) is 23.9 Å². The van der Waals surface area contributed by atoms with E-state index >= 15 is 0 Å². The van der Waals surface area contributed by atoms with Gasteiger partial charge in [-0.2, -0.15) is 5.10 Å². The number of hydrogen-bond acceptors (Lipinski definition) is 5. The molecule has 1 aromatic heterocycles. The molecule has 1 aromatic carbocycles. The van der Waals surface area contributed by atoms with E-state index in [-0.39, 0.29) is 23.1 Å². The van der Waals surface area contributed by atoms with Crippen molar-refractivity contribution < 1.29 is 14.3 Å². The van der Waals surface area contributed by atoms with Crippen molar-refractivity contribution in [2.75, 3.05) is 6.54 Å². The van der Waals surface area contributed by atoms with Gasteiger partial charge in [0.25, 0.3) is 11.5 Å². The number of aromatic nitrogens is 2. The Labute approximate surface area is 152 Å². The zero-order chi connectivity index (χ0) is 19.3. The van der Waals surface area contributed by atoms with Gasteiger partial charge in [-0.25, -0.2) is 9.48 Å². The molecule has 1 atom stereocenters. The first kappa shape index (κ1) is 19.6. The number of carbonyl (C=O) groups excluding carboxylic acids is 2. The van der Waals surface area contributed by atoms with Crippen molar-refractivity contribution in [3.05, 3.63) is 40.3 Å². The molecule has 2 aromatic rings. The second kappa shape index (κ2) is 8.60. The largest absolute Gasteiger partial charge is 0.448 e. The van der Waals surface area contributed by atoms with Crippen LogP contribution in [0.4, 0.5) is 0 Å². The molecule has 0 spiro atoms. The van der Waals surface area contributed by atoms with Crippen molar-refractivity contribution in [2.45, 2.75) is 46.8 Å². The first-order chi connectivity index (χ1) is 12.3. The fraction of sp³-hybridized carbons (Fsp3) is 0.474. The van der Waals surface area contributed by atoms with E-state index in [0.717, 1.165) is 6.42 Å². The minimum atomic E-state index is -0.944. The second-order valence-electron chi connectivity index (χ2n) is 6.61. The molecule has 2 rings (SSSR count). The molecule has 0 aliphatic rings. The summed E-state index contributed by atoms with van der Waals surface area (Å²) in [6.45, 7) is 8.26. The average molecular weight is 359 g/mol. The van der Waals surface area contributed by atoms with E-state index in [9.17, 15) is 14.4 Å². The summed E-state index contributed by atoms with van der Waals surface area (Å²) in [5, 5.41) is 7.72. The number of rotatable bonds is 7. The average Bonchev–Trinajstić information content (AvgIpc) is 2.61. The maximum atomic E-state index is 12.6. The topological polar surface area (TPSA) is 90.3 Å². The monoisotopic (exact) mass is 359 g/mol. The third-order valence-corrected chi connectivity index (χ3v) is 3.80. The van der Waals surface area contributed by atoms with E-state index in [1.807, 2.05) is 20.8 Å². The van der Waals surface area contributed by atoms with E-state index in [1.54, 1.807) is 24.3 Å². The molecule has 0 saturated carbocycles. The number of amides is 1. The van der Waals surface area contributed by atoms with Gasteiger partial charge in [0.15, 0.2) is 11.8 Å². The van der Waals surface area contributed by atoms with Crippen LogP contribution < -0.4 is 10.9 Å². The molecule has 0 unspecified atom stereocenters. The Morgan fingerprint density at radius 2 is 1.85 bits per heavy atom. The van der Waals surface area contributed by atoms with Crippen molar-refractivity contribution in [3.8, 4) is 0 Å². The summed E-state index contributed by atoms with van der Waals surface area (Å²) >= 11 is 0. The zero-order valence-corrected chi connectivity index (χ0v) is 15.6. The van der Waals surface area contributed by atoms with Crippen LogP contribution in [-0.2, 0) is 16.1 Å². The van der Waals surface area contributed by atoms with Gasteiger partial charge in [0.2, 0.25) is 0 Å². The van der Waals surface area contributed by atoms with Crippen LogP contribution in [0.15, 0.2) is 29.1 Å². The fourth-order valence-electron chi connectivity index (χ4n) is 2.52. The molecule has 0 aliphatic heterocycles. The smallest absolute Gasteiger partial charge is 0.360 e. The van der Waals surface area contributed by atoms with Gasteiger partial charge in [-0.1, -0.05) is 39.0 Å². The highest BCUT2D eigenvalue weighted by Gasteiger charge is 2.23. The summed E-state index contributed by atoms with van der Waals surface area (Å²) in [7, 11) is 0. The Balaban J connectivity index is 2.38. The lowest BCUT2D eigenvalue weighted by atomic mass is 10.1.